The highest BCUT2D eigenvalue weighted by Gasteiger charge is 2.29. The van der Waals surface area contributed by atoms with Gasteiger partial charge in [0.05, 0.1) is 18.2 Å². The normalized spacial score (nSPS) is 17.5. The van der Waals surface area contributed by atoms with E-state index < -0.39 is 0 Å². The van der Waals surface area contributed by atoms with Crippen LogP contribution in [0.1, 0.15) is 24.8 Å². The summed E-state index contributed by atoms with van der Waals surface area (Å²) in [5.74, 6) is 7.51. The zero-order valence-corrected chi connectivity index (χ0v) is 21.0. The van der Waals surface area contributed by atoms with Crippen LogP contribution in [-0.4, -0.2) is 43.7 Å². The molecule has 0 aromatic heterocycles. The minimum atomic E-state index is -0.231. The quantitative estimate of drug-likeness (QED) is 0.283. The molecule has 8 heteroatoms. The molecule has 1 fully saturated rings. The Balaban J connectivity index is 1.44. The minimum Gasteiger partial charge on any atom is -0.496 e. The molecule has 1 unspecified atom stereocenters. The number of carbonyl (C=O) groups excluding carboxylic acids is 1. The van der Waals surface area contributed by atoms with E-state index in [1.165, 1.54) is 0 Å². The predicted molar refractivity (Wildman–Crippen MR) is 140 cm³/mol. The van der Waals surface area contributed by atoms with E-state index in [-0.39, 0.29) is 11.9 Å². The maximum absolute atomic E-state index is 12.3. The topological polar surface area (TPSA) is 86.0 Å². The molecule has 3 aromatic carbocycles. The van der Waals surface area contributed by atoms with Crippen LogP contribution in [0.15, 0.2) is 54.6 Å². The third-order valence-electron chi connectivity index (χ3n) is 6.88. The molecular formula is C28H30ClN3O4. The number of amides is 1. The third kappa shape index (κ3) is 4.87. The number of ether oxygens (including phenoxy) is 3. The molecule has 2 aliphatic rings. The molecule has 0 radical (unpaired) electrons. The average Bonchev–Trinajstić information content (AvgIpc) is 2.93. The van der Waals surface area contributed by atoms with Crippen molar-refractivity contribution in [3.05, 3.63) is 65.2 Å². The number of hydrogen-bond acceptors (Lipinski definition) is 6. The van der Waals surface area contributed by atoms with Gasteiger partial charge in [0.1, 0.15) is 19.0 Å². The summed E-state index contributed by atoms with van der Waals surface area (Å²) in [4.78, 5) is 14.5. The molecule has 0 bridgehead atoms. The van der Waals surface area contributed by atoms with Crippen LogP contribution < -0.4 is 25.5 Å². The van der Waals surface area contributed by atoms with Gasteiger partial charge in [-0.3, -0.25) is 15.1 Å². The average molecular weight is 508 g/mol. The van der Waals surface area contributed by atoms with Crippen molar-refractivity contribution in [2.45, 2.75) is 31.8 Å². The summed E-state index contributed by atoms with van der Waals surface area (Å²) in [5.41, 5.74) is 7.06. The van der Waals surface area contributed by atoms with Crippen LogP contribution in [0.3, 0.4) is 0 Å². The number of piperidine rings is 1. The van der Waals surface area contributed by atoms with Gasteiger partial charge < -0.3 is 14.2 Å². The standard InChI is InChI=1S/C28H30ClN3O4/c1-34-25-15-18(8-9-20(25)17-32-12-3-2-7-23(32)28(33)31-30)21-5-4-6-22(27(21)29)19-10-11-24-26(16-19)36-14-13-35-24/h4-6,8-11,15-16,23H,2-3,7,12-14,17,30H2,1H3,(H,31,33). The Morgan fingerprint density at radius 3 is 2.53 bits per heavy atom. The first-order valence-corrected chi connectivity index (χ1v) is 12.6. The highest BCUT2D eigenvalue weighted by molar-refractivity contribution is 6.36. The molecular weight excluding hydrogens is 478 g/mol. The molecule has 188 valence electrons. The number of nitrogens with one attached hydrogen (secondary N) is 1. The van der Waals surface area contributed by atoms with Gasteiger partial charge >= 0.3 is 0 Å². The molecule has 5 rings (SSSR count). The molecule has 7 nitrogen and oxygen atoms in total. The summed E-state index contributed by atoms with van der Waals surface area (Å²) in [5, 5.41) is 0.652. The van der Waals surface area contributed by atoms with Gasteiger partial charge in [-0.1, -0.05) is 54.4 Å². The van der Waals surface area contributed by atoms with Gasteiger partial charge in [-0.25, -0.2) is 5.84 Å². The van der Waals surface area contributed by atoms with Crippen LogP contribution in [-0.2, 0) is 11.3 Å². The van der Waals surface area contributed by atoms with Gasteiger partial charge in [0.15, 0.2) is 11.5 Å². The second kappa shape index (κ2) is 10.8. The number of halogens is 1. The van der Waals surface area contributed by atoms with Crippen molar-refractivity contribution in [3.8, 4) is 39.5 Å². The van der Waals surface area contributed by atoms with E-state index in [9.17, 15) is 4.79 Å². The highest BCUT2D eigenvalue weighted by atomic mass is 35.5. The van der Waals surface area contributed by atoms with Crippen LogP contribution in [0.2, 0.25) is 5.02 Å². The second-order valence-corrected chi connectivity index (χ2v) is 9.42. The second-order valence-electron chi connectivity index (χ2n) is 9.04. The summed E-state index contributed by atoms with van der Waals surface area (Å²) in [7, 11) is 1.66. The number of methoxy groups -OCH3 is 1. The molecule has 2 aliphatic heterocycles. The zero-order chi connectivity index (χ0) is 25.1. The molecule has 3 N–H and O–H groups in total. The minimum absolute atomic E-state index is 0.145. The number of likely N-dealkylation sites (tertiary alicyclic amines) is 1. The predicted octanol–water partition coefficient (Wildman–Crippen LogP) is 4.80. The first-order chi connectivity index (χ1) is 17.6. The SMILES string of the molecule is COc1cc(-c2cccc(-c3ccc4c(c3)OCCO4)c2Cl)ccc1CN1CCCCC1C(=O)NN. The Kier molecular flexibility index (Phi) is 7.32. The van der Waals surface area contributed by atoms with Crippen molar-refractivity contribution in [1.29, 1.82) is 0 Å². The Morgan fingerprint density at radius 1 is 1.06 bits per heavy atom. The van der Waals surface area contributed by atoms with E-state index in [4.69, 9.17) is 31.7 Å². The maximum Gasteiger partial charge on any atom is 0.251 e. The lowest BCUT2D eigenvalue weighted by Gasteiger charge is -2.34. The van der Waals surface area contributed by atoms with Gasteiger partial charge in [0.2, 0.25) is 0 Å². The molecule has 0 saturated carbocycles. The molecule has 2 heterocycles. The molecule has 1 amide bonds. The summed E-state index contributed by atoms with van der Waals surface area (Å²) < 4.78 is 17.2. The Hall–Kier alpha value is -3.26. The van der Waals surface area contributed by atoms with Gasteiger partial charge in [-0.15, -0.1) is 0 Å². The van der Waals surface area contributed by atoms with E-state index in [1.54, 1.807) is 7.11 Å². The van der Waals surface area contributed by atoms with Gasteiger partial charge in [-0.2, -0.15) is 0 Å². The van der Waals surface area contributed by atoms with Crippen molar-refractivity contribution in [1.82, 2.24) is 10.3 Å². The molecule has 36 heavy (non-hydrogen) atoms. The summed E-state index contributed by atoms with van der Waals surface area (Å²) in [6, 6.07) is 17.8. The number of carbonyl (C=O) groups is 1. The zero-order valence-electron chi connectivity index (χ0n) is 20.3. The number of hydrazine groups is 1. The van der Waals surface area contributed by atoms with Crippen molar-refractivity contribution in [3.63, 3.8) is 0 Å². The van der Waals surface area contributed by atoms with Crippen LogP contribution in [0, 0.1) is 0 Å². The van der Waals surface area contributed by atoms with Crippen molar-refractivity contribution >= 4 is 17.5 Å². The van der Waals surface area contributed by atoms with E-state index in [0.717, 1.165) is 70.9 Å². The number of hydrogen-bond donors (Lipinski definition) is 2. The Bertz CT molecular complexity index is 1270. The maximum atomic E-state index is 12.3. The summed E-state index contributed by atoms with van der Waals surface area (Å²) >= 11 is 6.94. The summed E-state index contributed by atoms with van der Waals surface area (Å²) in [6.07, 6.45) is 2.87. The lowest BCUT2D eigenvalue weighted by molar-refractivity contribution is -0.128. The van der Waals surface area contributed by atoms with E-state index in [1.807, 2.05) is 48.5 Å². The van der Waals surface area contributed by atoms with E-state index >= 15 is 0 Å². The number of benzene rings is 3. The first-order valence-electron chi connectivity index (χ1n) is 12.2. The fourth-order valence-electron chi connectivity index (χ4n) is 5.02. The molecule has 0 spiro atoms. The molecule has 1 atom stereocenters. The van der Waals surface area contributed by atoms with E-state index in [2.05, 4.69) is 16.4 Å². The molecule has 1 saturated heterocycles. The Labute approximate surface area is 216 Å². The third-order valence-corrected chi connectivity index (χ3v) is 7.29. The van der Waals surface area contributed by atoms with Crippen LogP contribution in [0.5, 0.6) is 17.2 Å². The van der Waals surface area contributed by atoms with Crippen molar-refractivity contribution in [2.75, 3.05) is 26.9 Å². The lowest BCUT2D eigenvalue weighted by atomic mass is 9.96. The number of nitrogens with zero attached hydrogens (tertiary/aromatic N) is 1. The van der Waals surface area contributed by atoms with Crippen LogP contribution in [0.4, 0.5) is 0 Å². The molecule has 3 aromatic rings. The van der Waals surface area contributed by atoms with Crippen molar-refractivity contribution < 1.29 is 19.0 Å². The summed E-state index contributed by atoms with van der Waals surface area (Å²) in [6.45, 7) is 2.53. The smallest absolute Gasteiger partial charge is 0.251 e. The number of nitrogens with two attached hydrogens (primary N) is 1. The lowest BCUT2D eigenvalue weighted by Crippen LogP contribution is -2.50. The van der Waals surface area contributed by atoms with Crippen LogP contribution in [0.25, 0.3) is 22.3 Å². The fourth-order valence-corrected chi connectivity index (χ4v) is 5.37. The monoisotopic (exact) mass is 507 g/mol. The van der Waals surface area contributed by atoms with Crippen molar-refractivity contribution in [2.24, 2.45) is 5.84 Å². The van der Waals surface area contributed by atoms with Gasteiger partial charge in [0, 0.05) is 23.2 Å². The largest absolute Gasteiger partial charge is 0.496 e. The number of rotatable bonds is 6. The van der Waals surface area contributed by atoms with Gasteiger partial charge in [0.25, 0.3) is 5.91 Å². The Morgan fingerprint density at radius 2 is 1.78 bits per heavy atom. The first kappa shape index (κ1) is 24.4. The van der Waals surface area contributed by atoms with Gasteiger partial charge in [-0.05, 0) is 48.7 Å². The molecule has 0 aliphatic carbocycles. The van der Waals surface area contributed by atoms with Crippen LogP contribution >= 0.6 is 11.6 Å². The van der Waals surface area contributed by atoms with E-state index in [0.29, 0.717) is 24.8 Å². The fraction of sp³-hybridized carbons (Fsp3) is 0.321. The number of fused-ring (bicyclic) bond motifs is 1. The highest BCUT2D eigenvalue weighted by Crippen LogP contribution is 2.41.